The molecule has 1 aromatic heterocycles. The van der Waals surface area contributed by atoms with Gasteiger partial charge in [-0.25, -0.2) is 0 Å². The van der Waals surface area contributed by atoms with Crippen LogP contribution in [0.5, 0.6) is 5.75 Å². The quantitative estimate of drug-likeness (QED) is 0.396. The minimum absolute atomic E-state index is 0.0177. The van der Waals surface area contributed by atoms with Crippen LogP contribution in [0.1, 0.15) is 29.9 Å². The second-order valence-electron chi connectivity index (χ2n) is 8.51. The van der Waals surface area contributed by atoms with Crippen LogP contribution in [0.3, 0.4) is 0 Å². The van der Waals surface area contributed by atoms with Crippen molar-refractivity contribution in [3.8, 4) is 5.75 Å². The van der Waals surface area contributed by atoms with Crippen LogP contribution in [-0.2, 0) is 4.79 Å². The van der Waals surface area contributed by atoms with E-state index in [0.29, 0.717) is 17.1 Å². The summed E-state index contributed by atoms with van der Waals surface area (Å²) in [6.07, 6.45) is 1.40. The molecule has 1 aliphatic rings. The first-order valence-electron chi connectivity index (χ1n) is 11.7. The fraction of sp³-hybridized carbons (Fsp3) is 0.207. The van der Waals surface area contributed by atoms with Crippen LogP contribution in [0, 0.1) is 0 Å². The van der Waals surface area contributed by atoms with Gasteiger partial charge in [-0.3, -0.25) is 4.79 Å². The predicted octanol–water partition coefficient (Wildman–Crippen LogP) is 5.44. The third-order valence-corrected chi connectivity index (χ3v) is 6.11. The van der Waals surface area contributed by atoms with Gasteiger partial charge in [0.15, 0.2) is 11.3 Å². The molecule has 5 heteroatoms. The van der Waals surface area contributed by atoms with Gasteiger partial charge < -0.3 is 19.4 Å². The van der Waals surface area contributed by atoms with Gasteiger partial charge in [-0.15, -0.1) is 0 Å². The van der Waals surface area contributed by atoms with E-state index in [1.54, 1.807) is 6.08 Å². The maximum Gasteiger partial charge on any atom is 0.247 e. The van der Waals surface area contributed by atoms with Gasteiger partial charge in [0.05, 0.1) is 0 Å². The summed E-state index contributed by atoms with van der Waals surface area (Å²) in [4.78, 5) is 14.5. The number of benzene rings is 3. The van der Waals surface area contributed by atoms with Crippen molar-refractivity contribution < 1.29 is 13.9 Å². The van der Waals surface area contributed by atoms with Crippen LogP contribution in [0.15, 0.2) is 95.4 Å². The molecule has 3 aromatic carbocycles. The number of fused-ring (bicyclic) bond motifs is 1. The molecule has 1 aliphatic heterocycles. The lowest BCUT2D eigenvalue weighted by Gasteiger charge is -2.26. The zero-order valence-electron chi connectivity index (χ0n) is 19.2. The van der Waals surface area contributed by atoms with Crippen molar-refractivity contribution in [1.29, 1.82) is 0 Å². The Morgan fingerprint density at radius 3 is 2.24 bits per heavy atom. The number of nitrogens with zero attached hydrogens (tertiary/aromatic N) is 1. The highest BCUT2D eigenvalue weighted by Gasteiger charge is 2.20. The Hall–Kier alpha value is -3.83. The Kier molecular flexibility index (Phi) is 6.45. The highest BCUT2D eigenvalue weighted by molar-refractivity contribution is 5.96. The van der Waals surface area contributed by atoms with Crippen LogP contribution in [0.4, 0.5) is 0 Å². The molecule has 2 heterocycles. The molecule has 0 aliphatic carbocycles. The normalized spacial score (nSPS) is 14.5. The highest BCUT2D eigenvalue weighted by atomic mass is 16.5. The minimum Gasteiger partial charge on any atom is -0.477 e. The molecule has 0 atom stereocenters. The Morgan fingerprint density at radius 2 is 1.59 bits per heavy atom. The average Bonchev–Trinajstić information content (AvgIpc) is 3.34. The molecule has 172 valence electrons. The Balaban J connectivity index is 1.46. The molecular formula is C29H28N2O3. The van der Waals surface area contributed by atoms with E-state index in [-0.39, 0.29) is 12.0 Å². The molecule has 4 aromatic rings. The van der Waals surface area contributed by atoms with E-state index in [9.17, 15) is 4.79 Å². The fourth-order valence-corrected chi connectivity index (χ4v) is 4.27. The van der Waals surface area contributed by atoms with Crippen molar-refractivity contribution in [2.75, 3.05) is 26.2 Å². The Bertz CT molecular complexity index is 1250. The monoisotopic (exact) mass is 452 g/mol. The molecule has 1 amide bonds. The summed E-state index contributed by atoms with van der Waals surface area (Å²) >= 11 is 0. The van der Waals surface area contributed by atoms with E-state index in [4.69, 9.17) is 9.15 Å². The van der Waals surface area contributed by atoms with Crippen LogP contribution in [0.25, 0.3) is 16.5 Å². The summed E-state index contributed by atoms with van der Waals surface area (Å²) in [6, 6.07) is 28.2. The number of ether oxygens (including phenoxy) is 1. The van der Waals surface area contributed by atoms with E-state index >= 15 is 0 Å². The number of allylic oxidation sites excluding steroid dienone is 1. The third-order valence-electron chi connectivity index (χ3n) is 6.11. The SMILES string of the molecule is CC(=CC(=O)N1CCNCC1)c1cc2cccc(OC(c3ccccc3)c3ccccc3)c2o1. The van der Waals surface area contributed by atoms with Crippen LogP contribution in [-0.4, -0.2) is 37.0 Å². The number of nitrogens with one attached hydrogen (secondary N) is 1. The maximum atomic E-state index is 12.7. The standard InChI is InChI=1S/C29H28N2O3/c1-21(19-27(32)31-17-15-30-16-18-31)26-20-24-13-8-14-25(29(24)34-26)33-28(22-9-4-2-5-10-22)23-11-6-3-7-12-23/h2-14,19-20,28,30H,15-18H2,1H3. The van der Waals surface area contributed by atoms with Crippen LogP contribution >= 0.6 is 0 Å². The van der Waals surface area contributed by atoms with E-state index < -0.39 is 0 Å². The summed E-state index contributed by atoms with van der Waals surface area (Å²) in [6.45, 7) is 5.01. The summed E-state index contributed by atoms with van der Waals surface area (Å²) in [5, 5.41) is 4.21. The second-order valence-corrected chi connectivity index (χ2v) is 8.51. The topological polar surface area (TPSA) is 54.7 Å². The van der Waals surface area contributed by atoms with E-state index in [2.05, 4.69) is 29.6 Å². The largest absolute Gasteiger partial charge is 0.477 e. The number of carbonyl (C=O) groups is 1. The number of amides is 1. The Labute approximate surface area is 199 Å². The fourth-order valence-electron chi connectivity index (χ4n) is 4.27. The van der Waals surface area contributed by atoms with Crippen molar-refractivity contribution in [3.63, 3.8) is 0 Å². The summed E-state index contributed by atoms with van der Waals surface area (Å²) in [5.74, 6) is 1.36. The summed E-state index contributed by atoms with van der Waals surface area (Å²) < 4.78 is 12.8. The number of para-hydroxylation sites is 1. The number of hydrogen-bond donors (Lipinski definition) is 1. The maximum absolute atomic E-state index is 12.7. The number of hydrogen-bond acceptors (Lipinski definition) is 4. The molecule has 0 bridgehead atoms. The first kappa shape index (κ1) is 22.0. The second kappa shape index (κ2) is 9.98. The first-order chi connectivity index (χ1) is 16.7. The number of furan rings is 1. The van der Waals surface area contributed by atoms with Gasteiger partial charge in [0.1, 0.15) is 11.9 Å². The number of rotatable bonds is 6. The molecule has 1 fully saturated rings. The van der Waals surface area contributed by atoms with Crippen LogP contribution in [0.2, 0.25) is 0 Å². The van der Waals surface area contributed by atoms with E-state index in [0.717, 1.165) is 48.3 Å². The van der Waals surface area contributed by atoms with E-state index in [1.165, 1.54) is 0 Å². The van der Waals surface area contributed by atoms with E-state index in [1.807, 2.05) is 72.5 Å². The molecule has 0 unspecified atom stereocenters. The molecule has 0 spiro atoms. The van der Waals surface area contributed by atoms with Crippen molar-refractivity contribution in [3.05, 3.63) is 108 Å². The molecule has 0 saturated carbocycles. The lowest BCUT2D eigenvalue weighted by Crippen LogP contribution is -2.45. The van der Waals surface area contributed by atoms with Gasteiger partial charge in [-0.2, -0.15) is 0 Å². The molecule has 5 nitrogen and oxygen atoms in total. The molecule has 5 rings (SSSR count). The lowest BCUT2D eigenvalue weighted by atomic mass is 10.0. The smallest absolute Gasteiger partial charge is 0.247 e. The molecule has 0 radical (unpaired) electrons. The van der Waals surface area contributed by atoms with Gasteiger partial charge in [0.25, 0.3) is 0 Å². The molecule has 34 heavy (non-hydrogen) atoms. The van der Waals surface area contributed by atoms with Crippen molar-refractivity contribution in [1.82, 2.24) is 10.2 Å². The van der Waals surface area contributed by atoms with Crippen molar-refractivity contribution >= 4 is 22.4 Å². The first-order valence-corrected chi connectivity index (χ1v) is 11.7. The highest BCUT2D eigenvalue weighted by Crippen LogP contribution is 2.36. The molecule has 1 saturated heterocycles. The van der Waals surface area contributed by atoms with Crippen molar-refractivity contribution in [2.45, 2.75) is 13.0 Å². The third kappa shape index (κ3) is 4.75. The average molecular weight is 453 g/mol. The predicted molar refractivity (Wildman–Crippen MR) is 135 cm³/mol. The number of carbonyl (C=O) groups excluding carboxylic acids is 1. The molecular weight excluding hydrogens is 424 g/mol. The zero-order chi connectivity index (χ0) is 23.3. The minimum atomic E-state index is -0.271. The van der Waals surface area contributed by atoms with Gasteiger partial charge in [-0.1, -0.05) is 72.8 Å². The number of piperazine rings is 1. The van der Waals surface area contributed by atoms with Gasteiger partial charge in [0, 0.05) is 37.6 Å². The zero-order valence-corrected chi connectivity index (χ0v) is 19.2. The van der Waals surface area contributed by atoms with Crippen molar-refractivity contribution in [2.24, 2.45) is 0 Å². The Morgan fingerprint density at radius 1 is 0.941 bits per heavy atom. The van der Waals surface area contributed by atoms with Gasteiger partial charge in [0.2, 0.25) is 5.91 Å². The summed E-state index contributed by atoms with van der Waals surface area (Å²) in [7, 11) is 0. The lowest BCUT2D eigenvalue weighted by molar-refractivity contribution is -0.126. The molecule has 1 N–H and O–H groups in total. The van der Waals surface area contributed by atoms with Gasteiger partial charge in [-0.05, 0) is 35.8 Å². The summed E-state index contributed by atoms with van der Waals surface area (Å²) in [5.41, 5.74) is 3.61. The van der Waals surface area contributed by atoms with Gasteiger partial charge >= 0.3 is 0 Å². The van der Waals surface area contributed by atoms with Crippen LogP contribution < -0.4 is 10.1 Å².